The van der Waals surface area contributed by atoms with Crippen LogP contribution >= 0.6 is 0 Å². The number of sulfone groups is 1. The number of nitrogens with one attached hydrogen (secondary N) is 1. The Morgan fingerprint density at radius 2 is 2.05 bits per heavy atom. The fourth-order valence-corrected chi connectivity index (χ4v) is 2.36. The van der Waals surface area contributed by atoms with Gasteiger partial charge in [0.25, 0.3) is 0 Å². The Labute approximate surface area is 113 Å². The fourth-order valence-electron chi connectivity index (χ4n) is 1.57. The lowest BCUT2D eigenvalue weighted by atomic mass is 10.0. The number of carbonyl (C=O) groups is 1. The Balaban J connectivity index is 3.14. The molecule has 19 heavy (non-hydrogen) atoms. The molecule has 1 N–H and O–H groups in total. The molecule has 0 radical (unpaired) electrons. The summed E-state index contributed by atoms with van der Waals surface area (Å²) in [6.45, 7) is 3.66. The SMILES string of the molecule is COC(=O)C(Nc1ncccc1S(C)(=O)=O)C(C)C. The average molecular weight is 286 g/mol. The van der Waals surface area contributed by atoms with Gasteiger partial charge in [0.15, 0.2) is 9.84 Å². The van der Waals surface area contributed by atoms with Gasteiger partial charge in [-0.05, 0) is 18.1 Å². The van der Waals surface area contributed by atoms with Gasteiger partial charge in [-0.15, -0.1) is 0 Å². The minimum atomic E-state index is -3.41. The number of carbonyl (C=O) groups excluding carboxylic acids is 1. The number of hydrogen-bond acceptors (Lipinski definition) is 6. The molecule has 0 bridgehead atoms. The molecule has 1 unspecified atom stereocenters. The summed E-state index contributed by atoms with van der Waals surface area (Å²) < 4.78 is 28.0. The van der Waals surface area contributed by atoms with Crippen LogP contribution in [0.4, 0.5) is 5.82 Å². The Morgan fingerprint density at radius 3 is 2.53 bits per heavy atom. The number of methoxy groups -OCH3 is 1. The van der Waals surface area contributed by atoms with Crippen molar-refractivity contribution in [1.82, 2.24) is 4.98 Å². The summed E-state index contributed by atoms with van der Waals surface area (Å²) in [7, 11) is -2.13. The van der Waals surface area contributed by atoms with E-state index in [1.54, 1.807) is 0 Å². The second-order valence-electron chi connectivity index (χ2n) is 4.51. The lowest BCUT2D eigenvalue weighted by Gasteiger charge is -2.21. The molecule has 7 heteroatoms. The number of anilines is 1. The van der Waals surface area contributed by atoms with Crippen LogP contribution < -0.4 is 5.32 Å². The van der Waals surface area contributed by atoms with Crippen LogP contribution in [0.1, 0.15) is 13.8 Å². The van der Waals surface area contributed by atoms with Gasteiger partial charge >= 0.3 is 5.97 Å². The average Bonchev–Trinajstić information content (AvgIpc) is 2.34. The predicted molar refractivity (Wildman–Crippen MR) is 71.6 cm³/mol. The van der Waals surface area contributed by atoms with Gasteiger partial charge in [-0.25, -0.2) is 18.2 Å². The summed E-state index contributed by atoms with van der Waals surface area (Å²) in [6.07, 6.45) is 2.56. The van der Waals surface area contributed by atoms with Crippen molar-refractivity contribution in [2.75, 3.05) is 18.7 Å². The second-order valence-corrected chi connectivity index (χ2v) is 6.50. The molecule has 0 saturated carbocycles. The Bertz CT molecular complexity index is 555. The molecule has 0 spiro atoms. The lowest BCUT2D eigenvalue weighted by Crippen LogP contribution is -2.36. The van der Waals surface area contributed by atoms with Crippen molar-refractivity contribution in [3.63, 3.8) is 0 Å². The topological polar surface area (TPSA) is 85.4 Å². The Hall–Kier alpha value is -1.63. The highest BCUT2D eigenvalue weighted by Crippen LogP contribution is 2.20. The van der Waals surface area contributed by atoms with Crippen LogP contribution in [0.5, 0.6) is 0 Å². The van der Waals surface area contributed by atoms with E-state index in [1.807, 2.05) is 13.8 Å². The number of hydrogen-bond donors (Lipinski definition) is 1. The smallest absolute Gasteiger partial charge is 0.328 e. The van der Waals surface area contributed by atoms with Crippen LogP contribution in [0.2, 0.25) is 0 Å². The zero-order chi connectivity index (χ0) is 14.6. The van der Waals surface area contributed by atoms with Crippen molar-refractivity contribution in [3.8, 4) is 0 Å². The molecular weight excluding hydrogens is 268 g/mol. The molecule has 0 fully saturated rings. The highest BCUT2D eigenvalue weighted by Gasteiger charge is 2.25. The first-order chi connectivity index (χ1) is 8.77. The summed E-state index contributed by atoms with van der Waals surface area (Å²) >= 11 is 0. The van der Waals surface area contributed by atoms with Crippen molar-refractivity contribution in [2.45, 2.75) is 24.8 Å². The highest BCUT2D eigenvalue weighted by atomic mass is 32.2. The van der Waals surface area contributed by atoms with Crippen LogP contribution in [0.15, 0.2) is 23.2 Å². The van der Waals surface area contributed by atoms with Crippen molar-refractivity contribution < 1.29 is 17.9 Å². The van der Waals surface area contributed by atoms with Crippen molar-refractivity contribution >= 4 is 21.6 Å². The van der Waals surface area contributed by atoms with Crippen LogP contribution in [0, 0.1) is 5.92 Å². The van der Waals surface area contributed by atoms with E-state index >= 15 is 0 Å². The fraction of sp³-hybridized carbons (Fsp3) is 0.500. The molecule has 106 valence electrons. The maximum Gasteiger partial charge on any atom is 0.328 e. The van der Waals surface area contributed by atoms with Gasteiger partial charge in [0.05, 0.1) is 7.11 Å². The van der Waals surface area contributed by atoms with Crippen molar-refractivity contribution in [1.29, 1.82) is 0 Å². The van der Waals surface area contributed by atoms with Crippen molar-refractivity contribution in [2.24, 2.45) is 5.92 Å². The van der Waals surface area contributed by atoms with Gasteiger partial charge in [-0.3, -0.25) is 0 Å². The van der Waals surface area contributed by atoms with Crippen molar-refractivity contribution in [3.05, 3.63) is 18.3 Å². The standard InChI is InChI=1S/C12H18N2O4S/c1-8(2)10(12(15)18-3)14-11-9(19(4,16)17)6-5-7-13-11/h5-8,10H,1-4H3,(H,13,14). The molecule has 0 aliphatic rings. The number of nitrogens with zero attached hydrogens (tertiary/aromatic N) is 1. The van der Waals surface area contributed by atoms with Gasteiger partial charge in [0.1, 0.15) is 16.8 Å². The van der Waals surface area contributed by atoms with E-state index in [4.69, 9.17) is 4.74 Å². The zero-order valence-electron chi connectivity index (χ0n) is 11.4. The molecule has 0 aromatic carbocycles. The van der Waals surface area contributed by atoms with Crippen LogP contribution in [0.3, 0.4) is 0 Å². The van der Waals surface area contributed by atoms with E-state index in [-0.39, 0.29) is 16.6 Å². The van der Waals surface area contributed by atoms with Gasteiger partial charge in [0, 0.05) is 12.5 Å². The molecule has 0 aliphatic heterocycles. The van der Waals surface area contributed by atoms with Gasteiger partial charge < -0.3 is 10.1 Å². The van der Waals surface area contributed by atoms with Gasteiger partial charge in [-0.2, -0.15) is 0 Å². The lowest BCUT2D eigenvalue weighted by molar-refractivity contribution is -0.142. The molecule has 1 aromatic heterocycles. The summed E-state index contributed by atoms with van der Waals surface area (Å²) in [5.74, 6) is -0.365. The second kappa shape index (κ2) is 6.01. The third kappa shape index (κ3) is 3.92. The summed E-state index contributed by atoms with van der Waals surface area (Å²) in [5, 5.41) is 2.84. The van der Waals surface area contributed by atoms with E-state index < -0.39 is 21.8 Å². The maximum atomic E-state index is 11.7. The normalized spacial score (nSPS) is 13.1. The summed E-state index contributed by atoms with van der Waals surface area (Å²) in [4.78, 5) is 15.7. The zero-order valence-corrected chi connectivity index (χ0v) is 12.2. The third-order valence-corrected chi connectivity index (χ3v) is 3.71. The predicted octanol–water partition coefficient (Wildman–Crippen LogP) is 1.09. The first-order valence-corrected chi connectivity index (χ1v) is 7.66. The number of ether oxygens (including phenoxy) is 1. The molecule has 1 atom stereocenters. The van der Waals surface area contributed by atoms with Crippen LogP contribution in [-0.4, -0.2) is 38.8 Å². The first-order valence-electron chi connectivity index (χ1n) is 5.76. The van der Waals surface area contributed by atoms with E-state index in [9.17, 15) is 13.2 Å². The van der Waals surface area contributed by atoms with Gasteiger partial charge in [-0.1, -0.05) is 13.8 Å². The largest absolute Gasteiger partial charge is 0.467 e. The molecule has 1 aromatic rings. The minimum Gasteiger partial charge on any atom is -0.467 e. The quantitative estimate of drug-likeness (QED) is 0.816. The molecule has 0 aliphatic carbocycles. The highest BCUT2D eigenvalue weighted by molar-refractivity contribution is 7.90. The third-order valence-electron chi connectivity index (χ3n) is 2.58. The summed E-state index contributed by atoms with van der Waals surface area (Å²) in [5.41, 5.74) is 0. The van der Waals surface area contributed by atoms with E-state index in [2.05, 4.69) is 10.3 Å². The summed E-state index contributed by atoms with van der Waals surface area (Å²) in [6, 6.07) is 2.32. The molecule has 6 nitrogen and oxygen atoms in total. The monoisotopic (exact) mass is 286 g/mol. The molecule has 0 amide bonds. The molecule has 1 heterocycles. The Morgan fingerprint density at radius 1 is 1.42 bits per heavy atom. The van der Waals surface area contributed by atoms with E-state index in [1.165, 1.54) is 25.4 Å². The molecular formula is C12H18N2O4S. The van der Waals surface area contributed by atoms with Crippen LogP contribution in [-0.2, 0) is 19.4 Å². The molecule has 1 rings (SSSR count). The first kappa shape index (κ1) is 15.4. The number of esters is 1. The number of rotatable bonds is 5. The number of aromatic nitrogens is 1. The molecule has 0 saturated heterocycles. The van der Waals surface area contributed by atoms with E-state index in [0.29, 0.717) is 0 Å². The van der Waals surface area contributed by atoms with Crippen LogP contribution in [0.25, 0.3) is 0 Å². The van der Waals surface area contributed by atoms with Gasteiger partial charge in [0.2, 0.25) is 0 Å². The number of pyridine rings is 1. The maximum absolute atomic E-state index is 11.7. The minimum absolute atomic E-state index is 0.0598. The Kier molecular flexibility index (Phi) is 4.88. The van der Waals surface area contributed by atoms with E-state index in [0.717, 1.165) is 6.26 Å².